The number of benzene rings is 1. The fraction of sp³-hybridized carbons (Fsp3) is 0.298. The number of aliphatic hydroxyl groups excluding tert-OH is 9. The van der Waals surface area contributed by atoms with Crippen LogP contribution < -0.4 is 30.0 Å². The van der Waals surface area contributed by atoms with Crippen LogP contribution in [-0.4, -0.2) is 157 Å². The molecular formula is C94H111BBr2N12O20Si2. The van der Waals surface area contributed by atoms with Crippen molar-refractivity contribution in [1.29, 1.82) is 0 Å². The topological polar surface area (TPSA) is 493 Å². The van der Waals surface area contributed by atoms with E-state index in [9.17, 15) is 40.4 Å². The third-order valence-electron chi connectivity index (χ3n) is 20.9. The van der Waals surface area contributed by atoms with Crippen molar-refractivity contribution >= 4 is 61.1 Å². The number of hydrogen-bond donors (Lipinski definition) is 14. The highest BCUT2D eigenvalue weighted by molar-refractivity contribution is 9.10. The molecule has 13 aromatic rings. The van der Waals surface area contributed by atoms with Gasteiger partial charge in [-0.15, -0.1) is 0 Å². The summed E-state index contributed by atoms with van der Waals surface area (Å²) in [6, 6.07) is 51.4. The molecule has 2 aliphatic heterocycles. The monoisotopic (exact) mass is 1950 g/mol. The third kappa shape index (κ3) is 30.6. The van der Waals surface area contributed by atoms with E-state index in [-0.39, 0.29) is 99.8 Å². The lowest BCUT2D eigenvalue weighted by molar-refractivity contribution is 0.258. The molecule has 14 heterocycles. The minimum absolute atomic E-state index is 0.00806. The summed E-state index contributed by atoms with van der Waals surface area (Å²) in [5.41, 5.74) is 15.3. The average Bonchev–Trinajstić information content (AvgIpc) is 0.800. The molecular weight excluding hydrogens is 1840 g/mol. The number of H-pyrrole nitrogens is 1. The number of nitrogens with one attached hydrogen (secondary N) is 1. The van der Waals surface area contributed by atoms with E-state index in [0.717, 1.165) is 65.6 Å². The lowest BCUT2D eigenvalue weighted by Gasteiger charge is -2.36. The Labute approximate surface area is 779 Å². The smallest absolute Gasteiger partial charge is 0.490 e. The number of methoxy groups -OCH3 is 1. The highest BCUT2D eigenvalue weighted by Crippen LogP contribution is 2.41. The average molecular weight is 1960 g/mol. The van der Waals surface area contributed by atoms with Gasteiger partial charge in [0.05, 0.1) is 154 Å². The third-order valence-corrected chi connectivity index (χ3v) is 31.4. The van der Waals surface area contributed by atoms with Crippen LogP contribution >= 0.6 is 31.9 Å². The second kappa shape index (κ2) is 50.8. The van der Waals surface area contributed by atoms with Crippen LogP contribution in [0.1, 0.15) is 127 Å². The Hall–Kier alpha value is -11.4. The Balaban J connectivity index is 0.000000187. The van der Waals surface area contributed by atoms with Crippen molar-refractivity contribution in [3.8, 4) is 79.7 Å². The first kappa shape index (κ1) is 105. The Morgan fingerprint density at radius 1 is 0.420 bits per heavy atom. The fourth-order valence-corrected chi connectivity index (χ4v) is 14.0. The van der Waals surface area contributed by atoms with Gasteiger partial charge in [-0.05, 0) is 208 Å². The number of halogens is 2. The van der Waals surface area contributed by atoms with Crippen LogP contribution in [0, 0.1) is 6.92 Å². The molecule has 0 radical (unpaired) electrons. The summed E-state index contributed by atoms with van der Waals surface area (Å²) in [6.45, 7) is 23.7. The molecule has 0 saturated heterocycles. The van der Waals surface area contributed by atoms with E-state index >= 15 is 0 Å². The largest absolute Gasteiger partial charge is 0.506 e. The zero-order chi connectivity index (χ0) is 95.6. The predicted octanol–water partition coefficient (Wildman–Crippen LogP) is 13.0. The Kier molecular flexibility index (Phi) is 40.7. The molecule has 0 unspecified atom stereocenters. The first-order valence-electron chi connectivity index (χ1n) is 41.3. The molecule has 0 saturated carbocycles. The van der Waals surface area contributed by atoms with Crippen molar-refractivity contribution in [2.45, 2.75) is 177 Å². The number of ether oxygens (including phenoxy) is 4. The van der Waals surface area contributed by atoms with E-state index in [1.165, 1.54) is 12.1 Å². The number of aryl methyl sites for hydroxylation is 1. The second-order valence-electron chi connectivity index (χ2n) is 32.0. The molecule has 0 spiro atoms. The predicted molar refractivity (Wildman–Crippen MR) is 506 cm³/mol. The van der Waals surface area contributed by atoms with Crippen molar-refractivity contribution in [2.24, 2.45) is 0 Å². The summed E-state index contributed by atoms with van der Waals surface area (Å²) in [6.07, 6.45) is 6.69. The summed E-state index contributed by atoms with van der Waals surface area (Å²) in [5.74, 6) is 2.93. The van der Waals surface area contributed by atoms with Crippen molar-refractivity contribution in [3.05, 3.63) is 305 Å². The van der Waals surface area contributed by atoms with Crippen LogP contribution in [-0.2, 0) is 101 Å². The fourth-order valence-electron chi connectivity index (χ4n) is 11.6. The number of aliphatic hydroxyl groups is 9. The minimum atomic E-state index is -1.94. The molecule has 32 nitrogen and oxygen atoms in total. The molecule has 0 bridgehead atoms. The van der Waals surface area contributed by atoms with E-state index < -0.39 is 23.8 Å². The van der Waals surface area contributed by atoms with Crippen LogP contribution in [0.2, 0.25) is 36.3 Å². The molecule has 0 amide bonds. The number of aromatic amines is 1. The maximum atomic E-state index is 11.1. The summed E-state index contributed by atoms with van der Waals surface area (Å²) in [4.78, 5) is 60.0. The van der Waals surface area contributed by atoms with Crippen LogP contribution in [0.3, 0.4) is 0 Å². The quantitative estimate of drug-likeness (QED) is 0.0280. The molecule has 692 valence electrons. The van der Waals surface area contributed by atoms with E-state index in [2.05, 4.69) is 159 Å². The Morgan fingerprint density at radius 2 is 0.855 bits per heavy atom. The van der Waals surface area contributed by atoms with Gasteiger partial charge in [-0.3, -0.25) is 49.7 Å². The minimum Gasteiger partial charge on any atom is -0.506 e. The van der Waals surface area contributed by atoms with Gasteiger partial charge in [0.1, 0.15) is 77.0 Å². The maximum Gasteiger partial charge on any atom is 0.490 e. The first-order valence-corrected chi connectivity index (χ1v) is 48.7. The lowest BCUT2D eigenvalue weighted by atomic mass is 9.79. The zero-order valence-corrected chi connectivity index (χ0v) is 80.0. The Morgan fingerprint density at radius 3 is 1.37 bits per heavy atom. The van der Waals surface area contributed by atoms with Gasteiger partial charge in [-0.1, -0.05) is 77.9 Å². The van der Waals surface area contributed by atoms with Gasteiger partial charge in [0.25, 0.3) is 0 Å². The lowest BCUT2D eigenvalue weighted by Crippen LogP contribution is -2.42. The van der Waals surface area contributed by atoms with Gasteiger partial charge in [-0.2, -0.15) is 0 Å². The number of aromatic nitrogens is 12. The molecule has 131 heavy (non-hydrogen) atoms. The molecule has 14 N–H and O–H groups in total. The summed E-state index contributed by atoms with van der Waals surface area (Å²) in [5, 5.41) is 120. The molecule has 1 aromatic carbocycles. The molecule has 12 aromatic heterocycles. The van der Waals surface area contributed by atoms with Crippen LogP contribution in [0.15, 0.2) is 214 Å². The van der Waals surface area contributed by atoms with E-state index in [0.29, 0.717) is 122 Å². The number of aromatic hydroxyl groups is 2. The van der Waals surface area contributed by atoms with Gasteiger partial charge in [0, 0.05) is 73.6 Å². The van der Waals surface area contributed by atoms with Gasteiger partial charge in [0.15, 0.2) is 16.6 Å². The first-order chi connectivity index (χ1) is 62.6. The standard InChI is InChI=1S/C19H18N2O3.C13H24BNO4Si.C13H23NO3Si.C12H12N2O3.C12H10N2O2.C11H8N2O2.C7H8BrNO2.C7H8BrNO/c22-11-15-8-9-16(17(12-23)21-15)19-18(7-4-10-20-19)24-13-14-5-2-1-3-6-14;1-13(2,3)20(4,5)19-9-12-11(14(17)18)7-6-10(8-16)15-12;1-13(2,3)18(4,5)17-9-11-12(16)7-6-10(8-15)14-11;15-6-8-3-4-9(10(7-16)14-8)12-11(17)2-1-5-13-12;1-15-11-5-4-8-9(14-11)7-16-10-3-2-6-13-12(8)10;14-10-4-3-7-8(13-10)6-15-9-2-1-5-12-11(7)9;8-6-2-1-5(3-10)9-7(6)4-11;1-5-7(8)3-2-6(4-10)9-5/h1-10,22-23H,11-13H2;6-7,16-18H,8-9H2,1-5H3;6-7,15-16H,8-9H2,1-5H3;1-5,15-17H,6-7H2;2-6H,7H2,1H3;1-5H,6H2,(H,13,14);1-2,10-11H,3-4H2;2-3,10H,4H2,1H3. The van der Waals surface area contributed by atoms with E-state index in [4.69, 9.17) is 58.4 Å². The van der Waals surface area contributed by atoms with Crippen LogP contribution in [0.5, 0.6) is 34.6 Å². The van der Waals surface area contributed by atoms with Gasteiger partial charge < -0.3 is 99.0 Å². The highest BCUT2D eigenvalue weighted by atomic mass is 79.9. The molecule has 0 fully saturated rings. The molecule has 15 rings (SSSR count). The number of rotatable bonds is 22. The van der Waals surface area contributed by atoms with Gasteiger partial charge in [-0.25, -0.2) is 9.97 Å². The number of pyridine rings is 12. The van der Waals surface area contributed by atoms with E-state index in [1.807, 2.05) is 85.8 Å². The maximum absolute atomic E-state index is 11.1. The summed E-state index contributed by atoms with van der Waals surface area (Å²) >= 11 is 6.53. The summed E-state index contributed by atoms with van der Waals surface area (Å²) < 4.78 is 35.8. The van der Waals surface area contributed by atoms with Crippen molar-refractivity contribution in [3.63, 3.8) is 0 Å². The highest BCUT2D eigenvalue weighted by Gasteiger charge is 2.39. The summed E-state index contributed by atoms with van der Waals surface area (Å²) in [7, 11) is -3.78. The molecule has 0 aliphatic carbocycles. The number of hydrogen-bond acceptors (Lipinski definition) is 31. The van der Waals surface area contributed by atoms with Crippen molar-refractivity contribution in [2.75, 3.05) is 7.11 Å². The molecule has 0 atom stereocenters. The van der Waals surface area contributed by atoms with Crippen molar-refractivity contribution in [1.82, 2.24) is 59.8 Å². The number of nitrogens with zero attached hydrogens (tertiary/aromatic N) is 11. The van der Waals surface area contributed by atoms with Gasteiger partial charge >= 0.3 is 7.12 Å². The zero-order valence-electron chi connectivity index (χ0n) is 74.9. The second-order valence-corrected chi connectivity index (χ2v) is 43.4. The normalized spacial score (nSPS) is 11.5. The molecule has 2 aliphatic rings. The van der Waals surface area contributed by atoms with E-state index in [1.54, 1.807) is 117 Å². The SMILES string of the molecule is CC(C)(C)[Si](C)(C)OCc1nc(CO)ccc1B(O)O.CC(C)(C)[Si](C)(C)OCc1nc(CO)ccc1O.COc1ccc2c(n1)COc1cccnc1-2.Cc1nc(CO)ccc1Br.O=c1ccc2c([nH]1)COc1cccnc1-2.OCc1ccc(-c2ncccc2O)c(CO)n1.OCc1ccc(-c2ncccc2OCc2ccccc2)c(CO)n1.OCc1ccc(Br)c(CO)n1. The van der Waals surface area contributed by atoms with Crippen molar-refractivity contribution < 1.29 is 94.0 Å². The van der Waals surface area contributed by atoms with Crippen LogP contribution in [0.25, 0.3) is 45.0 Å². The van der Waals surface area contributed by atoms with Gasteiger partial charge in [0.2, 0.25) is 11.4 Å². The number of fused-ring (bicyclic) bond motifs is 6. The van der Waals surface area contributed by atoms with Crippen LogP contribution in [0.4, 0.5) is 0 Å². The Bertz CT molecular complexity index is 5910. The molecule has 37 heteroatoms.